The van der Waals surface area contributed by atoms with Gasteiger partial charge in [-0.05, 0) is 53.6 Å². The first-order valence-corrected chi connectivity index (χ1v) is 12.0. The van der Waals surface area contributed by atoms with Crippen LogP contribution in [0.4, 0.5) is 18.9 Å². The first-order chi connectivity index (χ1) is 17.4. The number of aromatic hydroxyl groups is 1. The maximum Gasteiger partial charge on any atom is 0.416 e. The Balaban J connectivity index is 2.00. The summed E-state index contributed by atoms with van der Waals surface area (Å²) < 4.78 is 88.2. The minimum absolute atomic E-state index is 0.176. The van der Waals surface area contributed by atoms with Crippen molar-refractivity contribution in [1.82, 2.24) is 0 Å². The smallest absolute Gasteiger partial charge is 0.416 e. The number of halogens is 3. The monoisotopic (exact) mass is 539 g/mol. The molecular formula is C25H24F3NO7S. The maximum absolute atomic E-state index is 13.1. The van der Waals surface area contributed by atoms with Crippen molar-refractivity contribution in [3.05, 3.63) is 65.2 Å². The Morgan fingerprint density at radius 1 is 0.811 bits per heavy atom. The fourth-order valence-electron chi connectivity index (χ4n) is 3.46. The SMILES string of the molecule is COc1cc(/C=C\c2cc(O)c(OC)c(NS(=O)(=O)c3cccc(C(F)(F)F)c3)c2)cc(OC)c1OC. The zero-order chi connectivity index (χ0) is 27.4. The molecular weight excluding hydrogens is 515 g/mol. The van der Waals surface area contributed by atoms with E-state index in [1.807, 2.05) is 0 Å². The van der Waals surface area contributed by atoms with Crippen LogP contribution in [-0.4, -0.2) is 42.0 Å². The van der Waals surface area contributed by atoms with Gasteiger partial charge in [-0.3, -0.25) is 4.72 Å². The van der Waals surface area contributed by atoms with E-state index in [4.69, 9.17) is 18.9 Å². The predicted molar refractivity (Wildman–Crippen MR) is 132 cm³/mol. The van der Waals surface area contributed by atoms with Gasteiger partial charge in [0.1, 0.15) is 0 Å². The van der Waals surface area contributed by atoms with Crippen molar-refractivity contribution in [3.63, 3.8) is 0 Å². The lowest BCUT2D eigenvalue weighted by atomic mass is 10.1. The van der Waals surface area contributed by atoms with Crippen LogP contribution in [0.2, 0.25) is 0 Å². The minimum atomic E-state index is -4.72. The topological polar surface area (TPSA) is 103 Å². The first-order valence-electron chi connectivity index (χ1n) is 10.5. The van der Waals surface area contributed by atoms with E-state index in [9.17, 15) is 26.7 Å². The van der Waals surface area contributed by atoms with Gasteiger partial charge in [-0.15, -0.1) is 0 Å². The van der Waals surface area contributed by atoms with E-state index < -0.39 is 32.4 Å². The van der Waals surface area contributed by atoms with Crippen molar-refractivity contribution in [2.24, 2.45) is 0 Å². The molecule has 0 bridgehead atoms. The van der Waals surface area contributed by atoms with Gasteiger partial charge in [0.15, 0.2) is 23.0 Å². The van der Waals surface area contributed by atoms with Crippen molar-refractivity contribution in [3.8, 4) is 28.7 Å². The average Bonchev–Trinajstić information content (AvgIpc) is 2.86. The van der Waals surface area contributed by atoms with Crippen LogP contribution in [0.5, 0.6) is 28.7 Å². The Labute approximate surface area is 211 Å². The molecule has 0 radical (unpaired) electrons. The molecule has 37 heavy (non-hydrogen) atoms. The number of methoxy groups -OCH3 is 4. The van der Waals surface area contributed by atoms with Crippen LogP contribution in [-0.2, 0) is 16.2 Å². The number of phenols is 1. The minimum Gasteiger partial charge on any atom is -0.504 e. The highest BCUT2D eigenvalue weighted by Crippen LogP contribution is 2.40. The lowest BCUT2D eigenvalue weighted by molar-refractivity contribution is -0.137. The van der Waals surface area contributed by atoms with Gasteiger partial charge in [0.2, 0.25) is 5.75 Å². The number of rotatable bonds is 9. The highest BCUT2D eigenvalue weighted by Gasteiger charge is 2.32. The van der Waals surface area contributed by atoms with Gasteiger partial charge in [-0.1, -0.05) is 18.2 Å². The second kappa shape index (κ2) is 10.9. The van der Waals surface area contributed by atoms with Crippen LogP contribution >= 0.6 is 0 Å². The van der Waals surface area contributed by atoms with Crippen LogP contribution in [0.15, 0.2) is 53.4 Å². The summed E-state index contributed by atoms with van der Waals surface area (Å²) in [5.41, 5.74) is -0.304. The molecule has 8 nitrogen and oxygen atoms in total. The highest BCUT2D eigenvalue weighted by atomic mass is 32.2. The van der Waals surface area contributed by atoms with Crippen LogP contribution in [0, 0.1) is 0 Å². The molecule has 0 atom stereocenters. The van der Waals surface area contributed by atoms with Crippen molar-refractivity contribution < 1.29 is 45.6 Å². The highest BCUT2D eigenvalue weighted by molar-refractivity contribution is 7.92. The van der Waals surface area contributed by atoms with Gasteiger partial charge in [0.05, 0.1) is 44.6 Å². The molecule has 0 amide bonds. The summed E-state index contributed by atoms with van der Waals surface area (Å²) in [7, 11) is 1.15. The van der Waals surface area contributed by atoms with Crippen LogP contribution < -0.4 is 23.7 Å². The molecule has 12 heteroatoms. The number of phenolic OH excluding ortho intramolecular Hbond substituents is 1. The second-order valence-electron chi connectivity index (χ2n) is 7.54. The molecule has 3 aromatic carbocycles. The third kappa shape index (κ3) is 6.20. The first kappa shape index (κ1) is 27.5. The van der Waals surface area contributed by atoms with Crippen molar-refractivity contribution in [1.29, 1.82) is 0 Å². The second-order valence-corrected chi connectivity index (χ2v) is 9.23. The Bertz CT molecular complexity index is 1400. The molecule has 0 saturated carbocycles. The fourth-order valence-corrected chi connectivity index (χ4v) is 4.55. The summed E-state index contributed by atoms with van der Waals surface area (Å²) >= 11 is 0. The van der Waals surface area contributed by atoms with Crippen LogP contribution in [0.25, 0.3) is 12.2 Å². The molecule has 0 saturated heterocycles. The van der Waals surface area contributed by atoms with E-state index >= 15 is 0 Å². The number of sulfonamides is 1. The summed E-state index contributed by atoms with van der Waals surface area (Å²) in [5, 5.41) is 10.4. The zero-order valence-electron chi connectivity index (χ0n) is 20.2. The van der Waals surface area contributed by atoms with Gasteiger partial charge >= 0.3 is 6.18 Å². The van der Waals surface area contributed by atoms with Gasteiger partial charge in [-0.25, -0.2) is 8.42 Å². The Morgan fingerprint density at radius 2 is 1.38 bits per heavy atom. The predicted octanol–water partition coefficient (Wildman–Crippen LogP) is 5.42. The van der Waals surface area contributed by atoms with E-state index in [2.05, 4.69) is 4.72 Å². The Hall–Kier alpha value is -4.06. The van der Waals surface area contributed by atoms with Crippen molar-refractivity contribution >= 4 is 27.9 Å². The van der Waals surface area contributed by atoms with E-state index in [-0.39, 0.29) is 11.4 Å². The third-order valence-electron chi connectivity index (χ3n) is 5.17. The van der Waals surface area contributed by atoms with E-state index in [1.54, 1.807) is 24.3 Å². The lowest BCUT2D eigenvalue weighted by Gasteiger charge is -2.15. The quantitative estimate of drug-likeness (QED) is 0.350. The third-order valence-corrected chi connectivity index (χ3v) is 6.53. The van der Waals surface area contributed by atoms with Gasteiger partial charge in [-0.2, -0.15) is 13.2 Å². The maximum atomic E-state index is 13.1. The number of benzene rings is 3. The Kier molecular flexibility index (Phi) is 8.12. The van der Waals surface area contributed by atoms with E-state index in [0.717, 1.165) is 18.2 Å². The molecule has 0 unspecified atom stereocenters. The summed E-state index contributed by atoms with van der Waals surface area (Å²) in [6.45, 7) is 0. The van der Waals surface area contributed by atoms with E-state index in [0.29, 0.717) is 34.4 Å². The molecule has 0 aliphatic rings. The summed E-state index contributed by atoms with van der Waals surface area (Å²) in [6, 6.07) is 9.34. The molecule has 198 valence electrons. The van der Waals surface area contributed by atoms with Gasteiger partial charge < -0.3 is 24.1 Å². The van der Waals surface area contributed by atoms with Gasteiger partial charge in [0, 0.05) is 0 Å². The molecule has 3 aromatic rings. The van der Waals surface area contributed by atoms with Crippen LogP contribution in [0.1, 0.15) is 16.7 Å². The van der Waals surface area contributed by atoms with Crippen molar-refractivity contribution in [2.45, 2.75) is 11.1 Å². The van der Waals surface area contributed by atoms with Crippen LogP contribution in [0.3, 0.4) is 0 Å². The standard InChI is InChI=1S/C25H24F3NO7S/c1-33-21-12-16(13-22(34-2)24(21)36-4)9-8-15-10-19(23(35-3)20(30)11-15)29-37(31,32)18-7-5-6-17(14-18)25(26,27)28/h5-14,29-30H,1-4H3/b9-8-. The molecule has 3 rings (SSSR count). The molecule has 0 aliphatic carbocycles. The lowest BCUT2D eigenvalue weighted by Crippen LogP contribution is -2.15. The number of alkyl halides is 3. The average molecular weight is 540 g/mol. The number of anilines is 1. The summed E-state index contributed by atoms with van der Waals surface area (Å²) in [4.78, 5) is -0.609. The van der Waals surface area contributed by atoms with Gasteiger partial charge in [0.25, 0.3) is 10.0 Å². The number of ether oxygens (including phenoxy) is 4. The summed E-state index contributed by atoms with van der Waals surface area (Å²) in [6.07, 6.45) is -1.50. The molecule has 0 aromatic heterocycles. The largest absolute Gasteiger partial charge is 0.504 e. The number of nitrogens with one attached hydrogen (secondary N) is 1. The molecule has 0 aliphatic heterocycles. The number of hydrogen-bond acceptors (Lipinski definition) is 7. The molecule has 2 N–H and O–H groups in total. The number of hydrogen-bond donors (Lipinski definition) is 2. The zero-order valence-corrected chi connectivity index (χ0v) is 21.0. The molecule has 0 fully saturated rings. The summed E-state index contributed by atoms with van der Waals surface area (Å²) in [5.74, 6) is 0.620. The molecule has 0 spiro atoms. The molecule has 0 heterocycles. The van der Waals surface area contributed by atoms with Crippen molar-refractivity contribution in [2.75, 3.05) is 33.2 Å². The normalized spacial score (nSPS) is 11.9. The Morgan fingerprint density at radius 3 is 1.89 bits per heavy atom. The van der Waals surface area contributed by atoms with E-state index in [1.165, 1.54) is 40.6 Å². The fraction of sp³-hybridized carbons (Fsp3) is 0.200.